The molecule has 0 atom stereocenters. The van der Waals surface area contributed by atoms with E-state index in [1.807, 2.05) is 54.6 Å². The third-order valence-electron chi connectivity index (χ3n) is 4.74. The molecule has 4 rings (SSSR count). The molecule has 0 aromatic heterocycles. The first-order chi connectivity index (χ1) is 14.3. The molecule has 0 unspecified atom stereocenters. The van der Waals surface area contributed by atoms with Crippen molar-refractivity contribution in [1.82, 2.24) is 5.43 Å². The SMILES string of the molecule is C=C(NN=C(c1ccccc1)c1ccccc1)c1ccc(-c2ccccc2)cc1. The molecule has 0 saturated carbocycles. The Labute approximate surface area is 171 Å². The average Bonchev–Trinajstić information content (AvgIpc) is 2.81. The Kier molecular flexibility index (Phi) is 5.63. The van der Waals surface area contributed by atoms with Crippen molar-refractivity contribution in [3.63, 3.8) is 0 Å². The molecule has 0 saturated heterocycles. The van der Waals surface area contributed by atoms with E-state index in [-0.39, 0.29) is 0 Å². The van der Waals surface area contributed by atoms with E-state index in [2.05, 4.69) is 77.8 Å². The zero-order valence-electron chi connectivity index (χ0n) is 16.1. The molecule has 4 aromatic rings. The fourth-order valence-corrected chi connectivity index (χ4v) is 3.17. The first-order valence-corrected chi connectivity index (χ1v) is 9.60. The van der Waals surface area contributed by atoms with Gasteiger partial charge in [0.1, 0.15) is 0 Å². The Morgan fingerprint density at radius 3 is 1.48 bits per heavy atom. The quantitative estimate of drug-likeness (QED) is 0.308. The lowest BCUT2D eigenvalue weighted by molar-refractivity contribution is 0.994. The molecule has 0 amide bonds. The second kappa shape index (κ2) is 8.85. The van der Waals surface area contributed by atoms with E-state index in [9.17, 15) is 0 Å². The summed E-state index contributed by atoms with van der Waals surface area (Å²) in [5.41, 5.74) is 10.3. The Balaban J connectivity index is 1.57. The van der Waals surface area contributed by atoms with Gasteiger partial charge < -0.3 is 0 Å². The highest BCUT2D eigenvalue weighted by Crippen LogP contribution is 2.21. The van der Waals surface area contributed by atoms with Gasteiger partial charge in [0, 0.05) is 11.1 Å². The highest BCUT2D eigenvalue weighted by Gasteiger charge is 2.07. The lowest BCUT2D eigenvalue weighted by Crippen LogP contribution is -2.11. The molecule has 2 heteroatoms. The summed E-state index contributed by atoms with van der Waals surface area (Å²) in [4.78, 5) is 0. The summed E-state index contributed by atoms with van der Waals surface area (Å²) >= 11 is 0. The number of hydrogen-bond acceptors (Lipinski definition) is 2. The van der Waals surface area contributed by atoms with Gasteiger partial charge in [-0.2, -0.15) is 5.10 Å². The van der Waals surface area contributed by atoms with Crippen LogP contribution in [0.3, 0.4) is 0 Å². The summed E-state index contributed by atoms with van der Waals surface area (Å²) < 4.78 is 0. The molecular weight excluding hydrogens is 352 g/mol. The summed E-state index contributed by atoms with van der Waals surface area (Å²) in [7, 11) is 0. The molecule has 29 heavy (non-hydrogen) atoms. The van der Waals surface area contributed by atoms with E-state index in [1.54, 1.807) is 0 Å². The second-order valence-electron chi connectivity index (χ2n) is 6.73. The second-order valence-corrected chi connectivity index (χ2v) is 6.73. The van der Waals surface area contributed by atoms with Crippen LogP contribution in [-0.4, -0.2) is 5.71 Å². The number of hydrogen-bond donors (Lipinski definition) is 1. The molecule has 0 fully saturated rings. The Hall–Kier alpha value is -3.91. The summed E-state index contributed by atoms with van der Waals surface area (Å²) in [6, 6.07) is 39.0. The Morgan fingerprint density at radius 1 is 0.517 bits per heavy atom. The van der Waals surface area contributed by atoms with Crippen LogP contribution in [-0.2, 0) is 0 Å². The van der Waals surface area contributed by atoms with Crippen molar-refractivity contribution in [3.8, 4) is 11.1 Å². The fourth-order valence-electron chi connectivity index (χ4n) is 3.17. The van der Waals surface area contributed by atoms with E-state index in [1.165, 1.54) is 11.1 Å². The molecule has 0 aliphatic heterocycles. The van der Waals surface area contributed by atoms with Gasteiger partial charge in [0.15, 0.2) is 0 Å². The van der Waals surface area contributed by atoms with Gasteiger partial charge in [0.2, 0.25) is 0 Å². The van der Waals surface area contributed by atoms with Gasteiger partial charge in [-0.15, -0.1) is 0 Å². The first-order valence-electron chi connectivity index (χ1n) is 9.60. The van der Waals surface area contributed by atoms with Crippen LogP contribution in [0.15, 0.2) is 127 Å². The summed E-state index contributed by atoms with van der Waals surface area (Å²) in [5, 5.41) is 4.69. The zero-order valence-corrected chi connectivity index (χ0v) is 16.1. The molecule has 0 aliphatic rings. The number of rotatable bonds is 6. The highest BCUT2D eigenvalue weighted by atomic mass is 15.3. The number of nitrogens with one attached hydrogen (secondary N) is 1. The summed E-state index contributed by atoms with van der Waals surface area (Å²) in [6.07, 6.45) is 0. The van der Waals surface area contributed by atoms with Gasteiger partial charge in [-0.3, -0.25) is 5.43 Å². The molecular formula is C27H22N2. The number of benzene rings is 4. The fraction of sp³-hybridized carbons (Fsp3) is 0. The summed E-state index contributed by atoms with van der Waals surface area (Å²) in [6.45, 7) is 4.17. The molecule has 0 aliphatic carbocycles. The Morgan fingerprint density at radius 2 is 0.966 bits per heavy atom. The molecule has 1 N–H and O–H groups in total. The normalized spacial score (nSPS) is 10.2. The van der Waals surface area contributed by atoms with Crippen molar-refractivity contribution < 1.29 is 0 Å². The molecule has 0 spiro atoms. The third-order valence-corrected chi connectivity index (χ3v) is 4.74. The summed E-state index contributed by atoms with van der Waals surface area (Å²) in [5.74, 6) is 0. The van der Waals surface area contributed by atoms with Crippen LogP contribution in [0.2, 0.25) is 0 Å². The van der Waals surface area contributed by atoms with Crippen LogP contribution in [0.4, 0.5) is 0 Å². The van der Waals surface area contributed by atoms with Crippen LogP contribution in [0, 0.1) is 0 Å². The molecule has 2 nitrogen and oxygen atoms in total. The Bertz CT molecular complexity index is 1060. The predicted octanol–water partition coefficient (Wildman–Crippen LogP) is 6.37. The van der Waals surface area contributed by atoms with Crippen molar-refractivity contribution in [1.29, 1.82) is 0 Å². The maximum Gasteiger partial charge on any atom is 0.0977 e. The van der Waals surface area contributed by atoms with Crippen molar-refractivity contribution in [2.24, 2.45) is 5.10 Å². The van der Waals surface area contributed by atoms with Gasteiger partial charge >= 0.3 is 0 Å². The van der Waals surface area contributed by atoms with Gasteiger partial charge in [-0.05, 0) is 16.7 Å². The van der Waals surface area contributed by atoms with Crippen molar-refractivity contribution in [3.05, 3.63) is 139 Å². The standard InChI is InChI=1S/C27H22N2/c1-21(22-17-19-24(20-18-22)23-11-5-2-6-12-23)28-29-27(25-13-7-3-8-14-25)26-15-9-4-10-16-26/h2-20,28H,1H2. The van der Waals surface area contributed by atoms with Crippen LogP contribution < -0.4 is 5.43 Å². The number of hydrazone groups is 1. The third kappa shape index (κ3) is 4.50. The molecule has 0 heterocycles. The monoisotopic (exact) mass is 374 g/mol. The highest BCUT2D eigenvalue weighted by molar-refractivity contribution is 6.12. The molecule has 0 radical (unpaired) electrons. The van der Waals surface area contributed by atoms with Gasteiger partial charge in [-0.25, -0.2) is 0 Å². The predicted molar refractivity (Wildman–Crippen MR) is 123 cm³/mol. The van der Waals surface area contributed by atoms with Crippen LogP contribution in [0.1, 0.15) is 16.7 Å². The van der Waals surface area contributed by atoms with Gasteiger partial charge in [0.25, 0.3) is 0 Å². The van der Waals surface area contributed by atoms with E-state index in [0.717, 1.165) is 28.1 Å². The average molecular weight is 374 g/mol. The zero-order chi connectivity index (χ0) is 19.9. The van der Waals surface area contributed by atoms with Gasteiger partial charge in [0.05, 0.1) is 11.4 Å². The topological polar surface area (TPSA) is 24.4 Å². The van der Waals surface area contributed by atoms with Crippen molar-refractivity contribution in [2.45, 2.75) is 0 Å². The van der Waals surface area contributed by atoms with E-state index in [0.29, 0.717) is 0 Å². The molecule has 0 bridgehead atoms. The lowest BCUT2D eigenvalue weighted by atomic mass is 10.0. The first kappa shape index (κ1) is 18.5. The minimum atomic E-state index is 0.758. The molecule has 4 aromatic carbocycles. The van der Waals surface area contributed by atoms with Crippen molar-refractivity contribution in [2.75, 3.05) is 0 Å². The van der Waals surface area contributed by atoms with Crippen LogP contribution in [0.25, 0.3) is 16.8 Å². The maximum absolute atomic E-state index is 4.69. The van der Waals surface area contributed by atoms with E-state index in [4.69, 9.17) is 0 Å². The molecule has 140 valence electrons. The van der Waals surface area contributed by atoms with Crippen LogP contribution >= 0.6 is 0 Å². The van der Waals surface area contributed by atoms with Gasteiger partial charge in [-0.1, -0.05) is 122 Å². The van der Waals surface area contributed by atoms with E-state index < -0.39 is 0 Å². The van der Waals surface area contributed by atoms with Crippen LogP contribution in [0.5, 0.6) is 0 Å². The smallest absolute Gasteiger partial charge is 0.0977 e. The lowest BCUT2D eigenvalue weighted by Gasteiger charge is -2.11. The minimum absolute atomic E-state index is 0.758. The van der Waals surface area contributed by atoms with Crippen molar-refractivity contribution >= 4 is 11.4 Å². The largest absolute Gasteiger partial charge is 0.278 e. The van der Waals surface area contributed by atoms with E-state index >= 15 is 0 Å². The minimum Gasteiger partial charge on any atom is -0.278 e. The maximum atomic E-state index is 4.69. The number of nitrogens with zero attached hydrogens (tertiary/aromatic N) is 1.